The van der Waals surface area contributed by atoms with E-state index in [0.29, 0.717) is 10.7 Å². The summed E-state index contributed by atoms with van der Waals surface area (Å²) in [5.74, 6) is 0. The van der Waals surface area contributed by atoms with Gasteiger partial charge in [0.1, 0.15) is 4.99 Å². The Hall–Kier alpha value is -1.24. The van der Waals surface area contributed by atoms with Gasteiger partial charge in [-0.05, 0) is 19.2 Å². The topological polar surface area (TPSA) is 63.4 Å². The third-order valence-corrected chi connectivity index (χ3v) is 2.72. The Labute approximate surface area is 113 Å². The number of thiocarbonyl (C=S) groups is 1. The van der Waals surface area contributed by atoms with Crippen LogP contribution in [0.1, 0.15) is 5.69 Å². The van der Waals surface area contributed by atoms with Crippen molar-refractivity contribution in [2.24, 2.45) is 5.73 Å². The van der Waals surface area contributed by atoms with Crippen molar-refractivity contribution in [3.63, 3.8) is 0 Å². The fourth-order valence-electron chi connectivity index (χ4n) is 1.39. The molecule has 0 aromatic carbocycles. The molecular weight excluding hydrogens is 248 g/mol. The molecule has 0 saturated heterocycles. The average molecular weight is 268 g/mol. The number of nitrogens with one attached hydrogen (secondary N) is 1. The molecule has 0 atom stereocenters. The molecule has 0 spiro atoms. The number of hydrogen-bond acceptors (Lipinski definition) is 5. The molecule has 0 bridgehead atoms. The van der Waals surface area contributed by atoms with Crippen LogP contribution in [0.25, 0.3) is 0 Å². The van der Waals surface area contributed by atoms with E-state index < -0.39 is 0 Å². The minimum atomic E-state index is 0.320. The van der Waals surface area contributed by atoms with Crippen LogP contribution in [0.5, 0.6) is 0 Å². The van der Waals surface area contributed by atoms with Crippen molar-refractivity contribution in [1.82, 2.24) is 9.88 Å². The molecule has 5 nitrogen and oxygen atoms in total. The van der Waals surface area contributed by atoms with Crippen LogP contribution in [-0.4, -0.2) is 55.3 Å². The number of hydrogen-bond donors (Lipinski definition) is 2. The van der Waals surface area contributed by atoms with Gasteiger partial charge in [-0.15, -0.1) is 0 Å². The summed E-state index contributed by atoms with van der Waals surface area (Å²) in [7, 11) is 3.77. The average Bonchev–Trinajstić information content (AvgIpc) is 2.37. The molecule has 6 heteroatoms. The maximum Gasteiger partial charge on any atom is 0.122 e. The molecule has 1 heterocycles. The largest absolute Gasteiger partial charge is 0.388 e. The quantitative estimate of drug-likeness (QED) is 0.677. The predicted octanol–water partition coefficient (Wildman–Crippen LogP) is 0.706. The molecule has 0 fully saturated rings. The highest BCUT2D eigenvalue weighted by atomic mass is 32.1. The maximum absolute atomic E-state index is 5.48. The second-order valence-corrected chi connectivity index (χ2v) is 4.46. The molecule has 1 rings (SSSR count). The lowest BCUT2D eigenvalue weighted by Crippen LogP contribution is -2.28. The molecule has 0 aliphatic rings. The van der Waals surface area contributed by atoms with Gasteiger partial charge in [-0.1, -0.05) is 12.2 Å². The van der Waals surface area contributed by atoms with Gasteiger partial charge in [0.15, 0.2) is 0 Å². The Morgan fingerprint density at radius 2 is 2.28 bits per heavy atom. The number of pyridine rings is 1. The van der Waals surface area contributed by atoms with Crippen molar-refractivity contribution in [3.8, 4) is 0 Å². The summed E-state index contributed by atoms with van der Waals surface area (Å²) in [5, 5.41) is 3.29. The summed E-state index contributed by atoms with van der Waals surface area (Å²) in [6.45, 7) is 3.48. The second-order valence-electron chi connectivity index (χ2n) is 4.02. The molecule has 0 saturated carbocycles. The third kappa shape index (κ3) is 5.39. The highest BCUT2D eigenvalue weighted by molar-refractivity contribution is 7.80. The minimum absolute atomic E-state index is 0.320. The van der Waals surface area contributed by atoms with Crippen LogP contribution in [0, 0.1) is 0 Å². The van der Waals surface area contributed by atoms with Gasteiger partial charge in [0, 0.05) is 26.7 Å². The number of anilines is 1. The fraction of sp³-hybridized carbons (Fsp3) is 0.500. The number of methoxy groups -OCH3 is 1. The smallest absolute Gasteiger partial charge is 0.122 e. The summed E-state index contributed by atoms with van der Waals surface area (Å²) in [5.41, 5.74) is 7.09. The molecule has 0 amide bonds. The van der Waals surface area contributed by atoms with Gasteiger partial charge in [-0.3, -0.25) is 4.98 Å². The van der Waals surface area contributed by atoms with Crippen molar-refractivity contribution >= 4 is 22.9 Å². The van der Waals surface area contributed by atoms with Crippen LogP contribution < -0.4 is 11.1 Å². The van der Waals surface area contributed by atoms with E-state index in [-0.39, 0.29) is 0 Å². The van der Waals surface area contributed by atoms with E-state index >= 15 is 0 Å². The van der Waals surface area contributed by atoms with E-state index in [1.165, 1.54) is 0 Å². The van der Waals surface area contributed by atoms with E-state index in [1.54, 1.807) is 13.3 Å². The minimum Gasteiger partial charge on any atom is -0.388 e. The second kappa shape index (κ2) is 7.97. The lowest BCUT2D eigenvalue weighted by atomic mass is 10.3. The molecule has 1 aromatic heterocycles. The lowest BCUT2D eigenvalue weighted by molar-refractivity contribution is 0.163. The first-order chi connectivity index (χ1) is 8.63. The van der Waals surface area contributed by atoms with Crippen LogP contribution in [0.3, 0.4) is 0 Å². The van der Waals surface area contributed by atoms with Gasteiger partial charge in [-0.25, -0.2) is 0 Å². The van der Waals surface area contributed by atoms with Crippen molar-refractivity contribution < 1.29 is 4.74 Å². The zero-order chi connectivity index (χ0) is 13.4. The van der Waals surface area contributed by atoms with Crippen molar-refractivity contribution in [1.29, 1.82) is 0 Å². The van der Waals surface area contributed by atoms with Gasteiger partial charge in [0.25, 0.3) is 0 Å². The van der Waals surface area contributed by atoms with E-state index in [2.05, 4.69) is 22.2 Å². The number of ether oxygens (including phenoxy) is 1. The van der Waals surface area contributed by atoms with Crippen molar-refractivity contribution in [2.75, 3.05) is 45.7 Å². The van der Waals surface area contributed by atoms with Crippen LogP contribution in [0.2, 0.25) is 0 Å². The third-order valence-electron chi connectivity index (χ3n) is 2.52. The van der Waals surface area contributed by atoms with E-state index in [0.717, 1.165) is 31.9 Å². The van der Waals surface area contributed by atoms with Gasteiger partial charge >= 0.3 is 0 Å². The van der Waals surface area contributed by atoms with Crippen LogP contribution >= 0.6 is 12.2 Å². The number of likely N-dealkylation sites (N-methyl/N-ethyl adjacent to an activating group) is 1. The Bertz CT molecular complexity index is 369. The molecule has 3 N–H and O–H groups in total. The van der Waals surface area contributed by atoms with Gasteiger partial charge in [-0.2, -0.15) is 0 Å². The molecule has 18 heavy (non-hydrogen) atoms. The molecule has 1 aromatic rings. The zero-order valence-corrected chi connectivity index (χ0v) is 11.7. The number of nitrogens with zero attached hydrogens (tertiary/aromatic N) is 2. The zero-order valence-electron chi connectivity index (χ0n) is 10.8. The van der Waals surface area contributed by atoms with Crippen LogP contribution in [0.4, 0.5) is 5.69 Å². The molecule has 0 aliphatic heterocycles. The summed E-state index contributed by atoms with van der Waals surface area (Å²) in [6.07, 6.45) is 1.74. The monoisotopic (exact) mass is 268 g/mol. The normalized spacial score (nSPS) is 10.6. The molecular formula is C12H20N4OS. The Balaban J connectivity index is 2.29. The van der Waals surface area contributed by atoms with Crippen LogP contribution in [-0.2, 0) is 4.74 Å². The standard InChI is InChI=1S/C12H20N4OS/c1-16(7-8-17-2)6-5-14-10-3-4-11(12(13)18)15-9-10/h3-4,9,14H,5-8H2,1-2H3,(H2,13,18). The molecule has 100 valence electrons. The summed E-state index contributed by atoms with van der Waals surface area (Å²) in [6, 6.07) is 3.75. The molecule has 0 radical (unpaired) electrons. The number of aromatic nitrogens is 1. The van der Waals surface area contributed by atoms with E-state index in [4.69, 9.17) is 22.7 Å². The first kappa shape index (κ1) is 14.8. The summed E-state index contributed by atoms with van der Waals surface area (Å²) >= 11 is 4.84. The van der Waals surface area contributed by atoms with E-state index in [1.807, 2.05) is 12.1 Å². The fourth-order valence-corrected chi connectivity index (χ4v) is 1.51. The van der Waals surface area contributed by atoms with Crippen molar-refractivity contribution in [2.45, 2.75) is 0 Å². The van der Waals surface area contributed by atoms with Gasteiger partial charge in [0.05, 0.1) is 24.2 Å². The first-order valence-corrected chi connectivity index (χ1v) is 6.21. The SMILES string of the molecule is COCCN(C)CCNc1ccc(C(N)=S)nc1. The Kier molecular flexibility index (Phi) is 6.56. The maximum atomic E-state index is 5.48. The molecule has 0 unspecified atom stereocenters. The van der Waals surface area contributed by atoms with Gasteiger partial charge in [0.2, 0.25) is 0 Å². The lowest BCUT2D eigenvalue weighted by Gasteiger charge is -2.16. The Morgan fingerprint density at radius 1 is 1.50 bits per heavy atom. The highest BCUT2D eigenvalue weighted by Gasteiger charge is 1.99. The number of nitrogens with two attached hydrogens (primary N) is 1. The van der Waals surface area contributed by atoms with Gasteiger partial charge < -0.3 is 20.7 Å². The first-order valence-electron chi connectivity index (χ1n) is 5.80. The summed E-state index contributed by atoms with van der Waals surface area (Å²) in [4.78, 5) is 6.69. The predicted molar refractivity (Wildman–Crippen MR) is 78.0 cm³/mol. The molecule has 0 aliphatic carbocycles. The van der Waals surface area contributed by atoms with Crippen molar-refractivity contribution in [3.05, 3.63) is 24.0 Å². The highest BCUT2D eigenvalue weighted by Crippen LogP contribution is 2.05. The number of rotatable bonds is 8. The van der Waals surface area contributed by atoms with Crippen LogP contribution in [0.15, 0.2) is 18.3 Å². The van der Waals surface area contributed by atoms with E-state index in [9.17, 15) is 0 Å². The summed E-state index contributed by atoms with van der Waals surface area (Å²) < 4.78 is 5.02. The Morgan fingerprint density at radius 3 is 2.83 bits per heavy atom.